The fourth-order valence-electron chi connectivity index (χ4n) is 3.41. The second-order valence-electron chi connectivity index (χ2n) is 7.59. The Morgan fingerprint density at radius 3 is 2.36 bits per heavy atom. The van der Waals surface area contributed by atoms with Crippen LogP contribution in [0.3, 0.4) is 0 Å². The van der Waals surface area contributed by atoms with Crippen LogP contribution in [0.25, 0.3) is 0 Å². The summed E-state index contributed by atoms with van der Waals surface area (Å²) in [4.78, 5) is 28.9. The minimum atomic E-state index is -1.10. The number of carboxylic acids is 1. The van der Waals surface area contributed by atoms with E-state index in [9.17, 15) is 14.7 Å². The first-order valence-corrected chi connectivity index (χ1v) is 9.34. The van der Waals surface area contributed by atoms with Gasteiger partial charge in [-0.05, 0) is 29.7 Å². The van der Waals surface area contributed by atoms with Gasteiger partial charge in [0.1, 0.15) is 5.75 Å². The van der Waals surface area contributed by atoms with Gasteiger partial charge < -0.3 is 19.6 Å². The molecule has 2 aromatic rings. The molecule has 0 radical (unpaired) electrons. The zero-order valence-corrected chi connectivity index (χ0v) is 16.6. The maximum atomic E-state index is 13.3. The van der Waals surface area contributed by atoms with Crippen molar-refractivity contribution in [2.45, 2.75) is 32.5 Å². The van der Waals surface area contributed by atoms with Crippen molar-refractivity contribution in [1.82, 2.24) is 4.90 Å². The van der Waals surface area contributed by atoms with E-state index in [-0.39, 0.29) is 18.4 Å². The van der Waals surface area contributed by atoms with E-state index >= 15 is 0 Å². The van der Waals surface area contributed by atoms with Gasteiger partial charge in [0.15, 0.2) is 12.1 Å². The van der Waals surface area contributed by atoms with Gasteiger partial charge >= 0.3 is 5.97 Å². The van der Waals surface area contributed by atoms with Gasteiger partial charge in [0.05, 0.1) is 0 Å². The van der Waals surface area contributed by atoms with E-state index in [0.29, 0.717) is 11.3 Å². The van der Waals surface area contributed by atoms with Crippen LogP contribution in [-0.2, 0) is 16.1 Å². The summed E-state index contributed by atoms with van der Waals surface area (Å²) in [5.41, 5.74) is 2.40. The average molecular weight is 382 g/mol. The minimum absolute atomic E-state index is 0.0910. The molecule has 0 saturated heterocycles. The fraction of sp³-hybridized carbons (Fsp3) is 0.364. The molecule has 6 heteroatoms. The molecule has 0 aliphatic carbocycles. The van der Waals surface area contributed by atoms with Crippen molar-refractivity contribution in [2.24, 2.45) is 5.92 Å². The van der Waals surface area contributed by atoms with Crippen molar-refractivity contribution in [3.63, 3.8) is 0 Å². The highest BCUT2D eigenvalue weighted by molar-refractivity contribution is 5.89. The highest BCUT2D eigenvalue weighted by Crippen LogP contribution is 2.36. The van der Waals surface area contributed by atoms with Gasteiger partial charge in [-0.2, -0.15) is 0 Å². The molecule has 1 aliphatic heterocycles. The summed E-state index contributed by atoms with van der Waals surface area (Å²) in [7, 11) is 3.91. The van der Waals surface area contributed by atoms with E-state index in [0.717, 1.165) is 11.3 Å². The van der Waals surface area contributed by atoms with Crippen LogP contribution in [0.1, 0.15) is 31.0 Å². The molecule has 1 amide bonds. The lowest BCUT2D eigenvalue weighted by Crippen LogP contribution is -2.45. The number of ether oxygens (including phenoxy) is 1. The van der Waals surface area contributed by atoms with Gasteiger partial charge in [-0.3, -0.25) is 4.79 Å². The molecule has 0 spiro atoms. The molecule has 0 fully saturated rings. The summed E-state index contributed by atoms with van der Waals surface area (Å²) < 4.78 is 5.97. The number of rotatable bonds is 5. The Bertz CT molecular complexity index is 861. The normalized spacial score (nSPS) is 19.0. The highest BCUT2D eigenvalue weighted by Gasteiger charge is 2.41. The number of amides is 1. The van der Waals surface area contributed by atoms with Crippen LogP contribution in [0.15, 0.2) is 48.5 Å². The average Bonchev–Trinajstić information content (AvgIpc) is 2.77. The number of para-hydroxylation sites is 1. The number of carboxylic acid groups (broad SMARTS) is 1. The van der Waals surface area contributed by atoms with E-state index in [1.807, 2.05) is 57.1 Å². The summed E-state index contributed by atoms with van der Waals surface area (Å²) >= 11 is 0. The van der Waals surface area contributed by atoms with Crippen molar-refractivity contribution in [3.8, 4) is 5.75 Å². The molecular weight excluding hydrogens is 356 g/mol. The Balaban J connectivity index is 2.04. The highest BCUT2D eigenvalue weighted by atomic mass is 16.5. The van der Waals surface area contributed by atoms with Gasteiger partial charge in [0.2, 0.25) is 0 Å². The van der Waals surface area contributed by atoms with Gasteiger partial charge in [0, 0.05) is 31.9 Å². The lowest BCUT2D eigenvalue weighted by atomic mass is 10.0. The first kappa shape index (κ1) is 19.7. The van der Waals surface area contributed by atoms with Crippen molar-refractivity contribution in [2.75, 3.05) is 19.0 Å². The monoisotopic (exact) mass is 382 g/mol. The van der Waals surface area contributed by atoms with Crippen molar-refractivity contribution < 1.29 is 19.4 Å². The van der Waals surface area contributed by atoms with E-state index in [1.54, 1.807) is 24.3 Å². The third-order valence-corrected chi connectivity index (χ3v) is 4.95. The van der Waals surface area contributed by atoms with Crippen LogP contribution in [0.2, 0.25) is 0 Å². The molecule has 1 N–H and O–H groups in total. The Hall–Kier alpha value is -3.02. The van der Waals surface area contributed by atoms with Crippen molar-refractivity contribution in [1.29, 1.82) is 0 Å². The second-order valence-corrected chi connectivity index (χ2v) is 7.59. The first-order valence-electron chi connectivity index (χ1n) is 9.34. The largest absolute Gasteiger partial charge is 0.480 e. The zero-order valence-electron chi connectivity index (χ0n) is 16.6. The molecule has 0 saturated carbocycles. The topological polar surface area (TPSA) is 70.1 Å². The molecule has 6 nitrogen and oxygen atoms in total. The predicted octanol–water partition coefficient (Wildman–Crippen LogP) is 3.32. The number of carbonyl (C=O) groups is 2. The van der Waals surface area contributed by atoms with Gasteiger partial charge in [-0.1, -0.05) is 44.2 Å². The number of hydrogen-bond acceptors (Lipinski definition) is 4. The molecule has 0 bridgehead atoms. The van der Waals surface area contributed by atoms with Crippen LogP contribution in [-0.4, -0.2) is 42.1 Å². The summed E-state index contributed by atoms with van der Waals surface area (Å²) in [6, 6.07) is 13.6. The quantitative estimate of drug-likeness (QED) is 0.859. The number of benzene rings is 2. The summed E-state index contributed by atoms with van der Waals surface area (Å²) in [6.45, 7) is 4.00. The van der Waals surface area contributed by atoms with E-state index < -0.39 is 18.1 Å². The standard InChI is InChI=1S/C22H26N2O4/c1-14(2)20-21(25)24(13-15-9-11-16(12-10-15)23(3)4)19(22(26)27)17-7-5-6-8-18(17)28-20/h5-12,14,19-20H,13H2,1-4H3,(H,26,27). The molecule has 2 unspecified atom stereocenters. The maximum absolute atomic E-state index is 13.3. The van der Waals surface area contributed by atoms with Crippen LogP contribution in [0.4, 0.5) is 5.69 Å². The SMILES string of the molecule is CC(C)C1Oc2ccccc2C(C(=O)O)N(Cc2ccc(N(C)C)cc2)C1=O. The van der Waals surface area contributed by atoms with Crippen LogP contribution in [0, 0.1) is 5.92 Å². The summed E-state index contributed by atoms with van der Waals surface area (Å²) in [6.07, 6.45) is -0.730. The molecule has 2 aromatic carbocycles. The number of fused-ring (bicyclic) bond motifs is 1. The maximum Gasteiger partial charge on any atom is 0.331 e. The van der Waals surface area contributed by atoms with E-state index in [1.165, 1.54) is 4.90 Å². The predicted molar refractivity (Wildman–Crippen MR) is 107 cm³/mol. The van der Waals surface area contributed by atoms with Crippen LogP contribution in [0.5, 0.6) is 5.75 Å². The molecule has 1 heterocycles. The number of nitrogens with zero attached hydrogens (tertiary/aromatic N) is 2. The molecular formula is C22H26N2O4. The number of hydrogen-bond donors (Lipinski definition) is 1. The Kier molecular flexibility index (Phi) is 5.58. The van der Waals surface area contributed by atoms with Gasteiger partial charge in [0.25, 0.3) is 5.91 Å². The molecule has 148 valence electrons. The lowest BCUT2D eigenvalue weighted by molar-refractivity contribution is -0.154. The summed E-state index contributed by atoms with van der Waals surface area (Å²) in [5.74, 6) is -1.02. The van der Waals surface area contributed by atoms with Crippen LogP contribution >= 0.6 is 0 Å². The van der Waals surface area contributed by atoms with E-state index in [4.69, 9.17) is 4.74 Å². The molecule has 1 aliphatic rings. The Labute approximate surface area is 165 Å². The Morgan fingerprint density at radius 2 is 1.79 bits per heavy atom. The van der Waals surface area contributed by atoms with Gasteiger partial charge in [-0.15, -0.1) is 0 Å². The number of aliphatic carboxylic acids is 1. The first-order chi connectivity index (χ1) is 13.3. The van der Waals surface area contributed by atoms with E-state index in [2.05, 4.69) is 0 Å². The van der Waals surface area contributed by atoms with Gasteiger partial charge in [-0.25, -0.2) is 4.79 Å². The molecule has 3 rings (SSSR count). The second kappa shape index (κ2) is 7.92. The lowest BCUT2D eigenvalue weighted by Gasteiger charge is -2.30. The van der Waals surface area contributed by atoms with Crippen LogP contribution < -0.4 is 9.64 Å². The van der Waals surface area contributed by atoms with Crippen molar-refractivity contribution in [3.05, 3.63) is 59.7 Å². The Morgan fingerprint density at radius 1 is 1.14 bits per heavy atom. The molecule has 0 aromatic heterocycles. The molecule has 2 atom stereocenters. The third kappa shape index (κ3) is 3.81. The molecule has 28 heavy (non-hydrogen) atoms. The number of anilines is 1. The minimum Gasteiger partial charge on any atom is -0.480 e. The zero-order chi connectivity index (χ0) is 20.4. The summed E-state index contributed by atoms with van der Waals surface area (Å²) in [5, 5.41) is 9.96. The third-order valence-electron chi connectivity index (χ3n) is 4.95. The fourth-order valence-corrected chi connectivity index (χ4v) is 3.41. The van der Waals surface area contributed by atoms with Crippen molar-refractivity contribution >= 4 is 17.6 Å². The number of carbonyl (C=O) groups excluding carboxylic acids is 1. The smallest absolute Gasteiger partial charge is 0.331 e.